The highest BCUT2D eigenvalue weighted by molar-refractivity contribution is 6.03. The van der Waals surface area contributed by atoms with Crippen molar-refractivity contribution in [1.82, 2.24) is 4.98 Å². The van der Waals surface area contributed by atoms with Gasteiger partial charge in [-0.15, -0.1) is 0 Å². The lowest BCUT2D eigenvalue weighted by molar-refractivity contribution is -0.114. The fourth-order valence-corrected chi connectivity index (χ4v) is 3.15. The van der Waals surface area contributed by atoms with E-state index in [2.05, 4.69) is 12.1 Å². The number of rotatable bonds is 0. The summed E-state index contributed by atoms with van der Waals surface area (Å²) < 4.78 is 0. The van der Waals surface area contributed by atoms with E-state index in [1.807, 2.05) is 24.3 Å². The van der Waals surface area contributed by atoms with Crippen molar-refractivity contribution in [2.24, 2.45) is 5.92 Å². The number of aryl methyl sites for hydroxylation is 1. The van der Waals surface area contributed by atoms with Crippen LogP contribution in [0.3, 0.4) is 0 Å². The second-order valence-corrected chi connectivity index (χ2v) is 5.19. The zero-order valence-corrected chi connectivity index (χ0v) is 10.0. The predicted molar refractivity (Wildman–Crippen MR) is 71.2 cm³/mol. The molecule has 0 amide bonds. The second kappa shape index (κ2) is 3.52. The van der Waals surface area contributed by atoms with E-state index in [0.29, 0.717) is 12.3 Å². The largest absolute Gasteiger partial charge is 0.295 e. The fraction of sp³-hybridized carbons (Fsp3) is 0.250. The first-order chi connectivity index (χ1) is 8.81. The molecule has 1 atom stereocenters. The molecule has 88 valence electrons. The van der Waals surface area contributed by atoms with Gasteiger partial charge in [0.1, 0.15) is 0 Å². The first kappa shape index (κ1) is 10.0. The molecule has 2 aliphatic carbocycles. The zero-order valence-electron chi connectivity index (χ0n) is 10.0. The summed E-state index contributed by atoms with van der Waals surface area (Å²) in [5.74, 6) is 0.677. The molecule has 2 aliphatic rings. The predicted octanol–water partition coefficient (Wildman–Crippen LogP) is 3.15. The molecule has 4 rings (SSSR count). The normalized spacial score (nSPS) is 21.7. The lowest BCUT2D eigenvalue weighted by atomic mass is 9.83. The minimum Gasteiger partial charge on any atom is -0.295 e. The number of pyridine rings is 1. The molecule has 1 heterocycles. The van der Waals surface area contributed by atoms with Crippen molar-refractivity contribution in [3.05, 3.63) is 47.7 Å². The number of para-hydroxylation sites is 1. The Morgan fingerprint density at radius 2 is 2.11 bits per heavy atom. The maximum absolute atomic E-state index is 11.6. The SMILES string of the molecule is O=C1C=C2c3nc4ccccc4cc3CCC2C1. The number of ketones is 1. The van der Waals surface area contributed by atoms with E-state index < -0.39 is 0 Å². The van der Waals surface area contributed by atoms with E-state index in [1.54, 1.807) is 0 Å². The Hall–Kier alpha value is -1.96. The van der Waals surface area contributed by atoms with Crippen LogP contribution in [-0.2, 0) is 11.2 Å². The molecule has 0 bridgehead atoms. The Morgan fingerprint density at radius 1 is 1.22 bits per heavy atom. The molecule has 2 heteroatoms. The summed E-state index contributed by atoms with van der Waals surface area (Å²) in [5, 5.41) is 1.19. The number of fused-ring (bicyclic) bond motifs is 4. The number of aromatic nitrogens is 1. The number of allylic oxidation sites excluding steroid dienone is 2. The highest BCUT2D eigenvalue weighted by atomic mass is 16.1. The van der Waals surface area contributed by atoms with Crippen molar-refractivity contribution >= 4 is 22.3 Å². The van der Waals surface area contributed by atoms with Gasteiger partial charge in [-0.1, -0.05) is 18.2 Å². The first-order valence-electron chi connectivity index (χ1n) is 6.45. The number of carbonyl (C=O) groups is 1. The molecular formula is C16H13NO. The number of carbonyl (C=O) groups excluding carboxylic acids is 1. The maximum Gasteiger partial charge on any atom is 0.156 e. The van der Waals surface area contributed by atoms with Crippen LogP contribution < -0.4 is 0 Å². The van der Waals surface area contributed by atoms with Gasteiger partial charge in [0.25, 0.3) is 0 Å². The molecule has 0 saturated carbocycles. The smallest absolute Gasteiger partial charge is 0.156 e. The van der Waals surface area contributed by atoms with Crippen molar-refractivity contribution in [2.75, 3.05) is 0 Å². The van der Waals surface area contributed by atoms with Crippen molar-refractivity contribution < 1.29 is 4.79 Å². The number of benzene rings is 1. The summed E-state index contributed by atoms with van der Waals surface area (Å²) >= 11 is 0. The van der Waals surface area contributed by atoms with Gasteiger partial charge in [0, 0.05) is 11.8 Å². The van der Waals surface area contributed by atoms with Crippen LogP contribution in [0.15, 0.2) is 36.4 Å². The van der Waals surface area contributed by atoms with Gasteiger partial charge in [-0.05, 0) is 48.1 Å². The molecule has 2 nitrogen and oxygen atoms in total. The zero-order chi connectivity index (χ0) is 12.1. The number of hydrogen-bond acceptors (Lipinski definition) is 2. The summed E-state index contributed by atoms with van der Waals surface area (Å²) in [7, 11) is 0. The van der Waals surface area contributed by atoms with Gasteiger partial charge in [0.15, 0.2) is 5.78 Å². The van der Waals surface area contributed by atoms with E-state index in [0.717, 1.165) is 24.1 Å². The summed E-state index contributed by atoms with van der Waals surface area (Å²) in [4.78, 5) is 16.4. The summed E-state index contributed by atoms with van der Waals surface area (Å²) in [6, 6.07) is 10.4. The quantitative estimate of drug-likeness (QED) is 0.702. The average molecular weight is 235 g/mol. The Kier molecular flexibility index (Phi) is 1.95. The summed E-state index contributed by atoms with van der Waals surface area (Å²) in [5.41, 5.74) is 4.56. The summed E-state index contributed by atoms with van der Waals surface area (Å²) in [6.45, 7) is 0. The first-order valence-corrected chi connectivity index (χ1v) is 6.45. The average Bonchev–Trinajstić information content (AvgIpc) is 2.77. The molecule has 0 spiro atoms. The topological polar surface area (TPSA) is 30.0 Å². The van der Waals surface area contributed by atoms with Crippen LogP contribution in [0.1, 0.15) is 24.1 Å². The van der Waals surface area contributed by atoms with Gasteiger partial charge < -0.3 is 0 Å². The molecule has 1 unspecified atom stereocenters. The Balaban J connectivity index is 1.99. The van der Waals surface area contributed by atoms with Gasteiger partial charge >= 0.3 is 0 Å². The third-order valence-corrected chi connectivity index (χ3v) is 4.04. The number of nitrogens with zero attached hydrogens (tertiary/aromatic N) is 1. The van der Waals surface area contributed by atoms with Crippen molar-refractivity contribution in [1.29, 1.82) is 0 Å². The molecule has 0 N–H and O–H groups in total. The second-order valence-electron chi connectivity index (χ2n) is 5.19. The molecule has 0 saturated heterocycles. The van der Waals surface area contributed by atoms with Crippen LogP contribution in [0.5, 0.6) is 0 Å². The summed E-state index contributed by atoms with van der Waals surface area (Å²) in [6.07, 6.45) is 4.63. The third-order valence-electron chi connectivity index (χ3n) is 4.04. The molecule has 1 aromatic carbocycles. The Morgan fingerprint density at radius 3 is 3.06 bits per heavy atom. The van der Waals surface area contributed by atoms with Gasteiger partial charge in [-0.3, -0.25) is 4.79 Å². The van der Waals surface area contributed by atoms with Gasteiger partial charge in [0.2, 0.25) is 0 Å². The van der Waals surface area contributed by atoms with E-state index in [4.69, 9.17) is 4.98 Å². The van der Waals surface area contributed by atoms with Crippen molar-refractivity contribution in [3.63, 3.8) is 0 Å². The monoisotopic (exact) mass is 235 g/mol. The van der Waals surface area contributed by atoms with E-state index >= 15 is 0 Å². The van der Waals surface area contributed by atoms with Crippen LogP contribution in [0.4, 0.5) is 0 Å². The van der Waals surface area contributed by atoms with E-state index in [-0.39, 0.29) is 5.78 Å². The molecule has 2 aromatic rings. The fourth-order valence-electron chi connectivity index (χ4n) is 3.15. The van der Waals surface area contributed by atoms with Crippen LogP contribution in [-0.4, -0.2) is 10.8 Å². The van der Waals surface area contributed by atoms with Crippen LogP contribution in [0.2, 0.25) is 0 Å². The molecule has 0 radical (unpaired) electrons. The van der Waals surface area contributed by atoms with E-state index in [9.17, 15) is 4.79 Å². The minimum absolute atomic E-state index is 0.262. The standard InChI is InChI=1S/C16H13NO/c18-13-8-10-5-6-12-7-11-3-1-2-4-15(11)17-16(12)14(10)9-13/h1-4,7,9-10H,5-6,8H2. The molecular weight excluding hydrogens is 222 g/mol. The van der Waals surface area contributed by atoms with Crippen LogP contribution in [0, 0.1) is 5.92 Å². The highest BCUT2D eigenvalue weighted by Gasteiger charge is 2.31. The Bertz CT molecular complexity index is 699. The molecule has 0 fully saturated rings. The van der Waals surface area contributed by atoms with Crippen molar-refractivity contribution in [3.8, 4) is 0 Å². The lowest BCUT2D eigenvalue weighted by Crippen LogP contribution is -2.12. The van der Waals surface area contributed by atoms with Gasteiger partial charge in [-0.25, -0.2) is 4.98 Å². The van der Waals surface area contributed by atoms with Gasteiger partial charge in [0.05, 0.1) is 11.2 Å². The molecule has 1 aromatic heterocycles. The lowest BCUT2D eigenvalue weighted by Gasteiger charge is -2.23. The minimum atomic E-state index is 0.262. The van der Waals surface area contributed by atoms with Crippen molar-refractivity contribution in [2.45, 2.75) is 19.3 Å². The molecule has 0 aliphatic heterocycles. The van der Waals surface area contributed by atoms with Gasteiger partial charge in [-0.2, -0.15) is 0 Å². The molecule has 18 heavy (non-hydrogen) atoms. The third kappa shape index (κ3) is 1.35. The Labute approximate surface area is 105 Å². The maximum atomic E-state index is 11.6. The highest BCUT2D eigenvalue weighted by Crippen LogP contribution is 2.40. The number of hydrogen-bond donors (Lipinski definition) is 0. The van der Waals surface area contributed by atoms with E-state index in [1.165, 1.54) is 16.5 Å². The van der Waals surface area contributed by atoms with Crippen LogP contribution >= 0.6 is 0 Å². The van der Waals surface area contributed by atoms with Crippen LogP contribution in [0.25, 0.3) is 16.5 Å².